The first kappa shape index (κ1) is 48.3. The molecule has 1 aliphatic carbocycles. The van der Waals surface area contributed by atoms with E-state index >= 15 is 0 Å². The van der Waals surface area contributed by atoms with Gasteiger partial charge in [-0.2, -0.15) is 0 Å². The third-order valence-electron chi connectivity index (χ3n) is 13.9. The molecule has 4 amide bonds. The maximum atomic E-state index is 14.7. The number of ether oxygens (including phenoxy) is 2. The van der Waals surface area contributed by atoms with Gasteiger partial charge in [0.25, 0.3) is 5.91 Å². The van der Waals surface area contributed by atoms with Crippen molar-refractivity contribution in [3.63, 3.8) is 0 Å². The molecular weight excluding hydrogens is 843 g/mol. The molecule has 65 heavy (non-hydrogen) atoms. The normalized spacial score (nSPS) is 22.8. The van der Waals surface area contributed by atoms with E-state index in [0.717, 1.165) is 65.2 Å². The van der Waals surface area contributed by atoms with Crippen LogP contribution < -0.4 is 10.7 Å². The number of nitrogens with zero attached hydrogens (tertiary/aromatic N) is 7. The molecule has 0 saturated carbocycles. The molecule has 2 N–H and O–H groups in total. The van der Waals surface area contributed by atoms with Crippen LogP contribution >= 0.6 is 11.3 Å². The van der Waals surface area contributed by atoms with E-state index in [-0.39, 0.29) is 42.9 Å². The van der Waals surface area contributed by atoms with Crippen LogP contribution in [0, 0.1) is 17.3 Å². The number of likely N-dealkylation sites (tertiary alicyclic amines) is 1. The Balaban J connectivity index is 1.27. The maximum absolute atomic E-state index is 14.7. The molecule has 6 bridgehead atoms. The van der Waals surface area contributed by atoms with Crippen LogP contribution in [0.4, 0.5) is 4.79 Å². The number of methoxy groups -OCH3 is 1. The van der Waals surface area contributed by atoms with E-state index in [0.29, 0.717) is 49.9 Å². The summed E-state index contributed by atoms with van der Waals surface area (Å²) in [6.07, 6.45) is 8.20. The van der Waals surface area contributed by atoms with Gasteiger partial charge in [0.2, 0.25) is 5.91 Å². The zero-order valence-corrected chi connectivity index (χ0v) is 41.2. The van der Waals surface area contributed by atoms with Gasteiger partial charge in [-0.3, -0.25) is 24.4 Å². The van der Waals surface area contributed by atoms with Gasteiger partial charge in [0, 0.05) is 81.0 Å². The number of hydrogen-bond acceptors (Lipinski definition) is 11. The van der Waals surface area contributed by atoms with Gasteiger partial charge in [-0.25, -0.2) is 15.2 Å². The molecule has 3 aliphatic heterocycles. The number of hydrazine groups is 1. The Morgan fingerprint density at radius 3 is 2.51 bits per heavy atom. The van der Waals surface area contributed by atoms with E-state index in [1.54, 1.807) is 14.2 Å². The third kappa shape index (κ3) is 10.2. The largest absolute Gasteiger partial charge is 0.464 e. The highest BCUT2D eigenvalue weighted by molar-refractivity contribution is 7.09. The predicted molar refractivity (Wildman–Crippen MR) is 254 cm³/mol. The minimum atomic E-state index is -1.03. The predicted octanol–water partition coefficient (Wildman–Crippen LogP) is 6.22. The number of cyclic esters (lactones) is 1. The highest BCUT2D eigenvalue weighted by atomic mass is 32.1. The smallest absolute Gasteiger partial charge is 0.324 e. The van der Waals surface area contributed by atoms with Crippen molar-refractivity contribution in [2.24, 2.45) is 17.3 Å². The minimum Gasteiger partial charge on any atom is -0.464 e. The Labute approximate surface area is 389 Å². The Morgan fingerprint density at radius 2 is 1.83 bits per heavy atom. The number of rotatable bonds is 9. The highest BCUT2D eigenvalue weighted by Crippen LogP contribution is 2.45. The number of nitrogens with one attached hydrogen (secondary N) is 2. The number of aromatic nitrogens is 3. The monoisotopic (exact) mass is 914 g/mol. The van der Waals surface area contributed by atoms with Crippen molar-refractivity contribution in [3.8, 4) is 11.3 Å². The summed E-state index contributed by atoms with van der Waals surface area (Å²) in [4.78, 5) is 72.6. The molecule has 0 spiro atoms. The lowest BCUT2D eigenvalue weighted by atomic mass is 9.80. The summed E-state index contributed by atoms with van der Waals surface area (Å²) >= 11 is 1.47. The summed E-state index contributed by atoms with van der Waals surface area (Å²) in [6.45, 7) is 17.0. The lowest BCUT2D eigenvalue weighted by Crippen LogP contribution is -2.62. The van der Waals surface area contributed by atoms with Gasteiger partial charge in [0.1, 0.15) is 18.1 Å². The van der Waals surface area contributed by atoms with Crippen LogP contribution in [-0.2, 0) is 49.7 Å². The zero-order valence-electron chi connectivity index (χ0n) is 40.4. The van der Waals surface area contributed by atoms with Gasteiger partial charge in [-0.1, -0.05) is 34.6 Å². The summed E-state index contributed by atoms with van der Waals surface area (Å²) in [5.41, 5.74) is 11.2. The molecule has 2 fully saturated rings. The van der Waals surface area contributed by atoms with E-state index in [2.05, 4.69) is 79.5 Å². The quantitative estimate of drug-likeness (QED) is 0.237. The maximum Gasteiger partial charge on any atom is 0.324 e. The summed E-state index contributed by atoms with van der Waals surface area (Å²) in [5.74, 6) is -1.33. The van der Waals surface area contributed by atoms with Gasteiger partial charge in [0.05, 0.1) is 34.8 Å². The van der Waals surface area contributed by atoms with E-state index in [1.807, 2.05) is 37.9 Å². The number of amides is 4. The van der Waals surface area contributed by atoms with E-state index in [9.17, 15) is 19.2 Å². The van der Waals surface area contributed by atoms with E-state index < -0.39 is 35.4 Å². The van der Waals surface area contributed by atoms with Crippen molar-refractivity contribution in [1.29, 1.82) is 0 Å². The molecule has 3 aromatic heterocycles. The molecular formula is C49H71N9O6S. The molecule has 16 heteroatoms. The molecule has 7 rings (SSSR count). The number of carbonyl (C=O) groups is 4. The number of pyridine rings is 1. The molecule has 3 aromatic rings. The topological polar surface area (TPSA) is 154 Å². The standard InChI is InChI=1S/C49H71N9O6S/c1-12-57-40-23-30(4)34-24-35(40)36(44(57)33-15-13-19-50-42(33)31(5)63-11)26-49(6,7)28-64-47(61)37-16-14-20-58(53-37)46(60)38(25-41-51-39(34)27-65-41)52-45(59)43(29(2)3)55(10)48(62)56-21-17-32(18-22-56)54(8)9/h13,15,19,24,27,29-32,37-38,43,53H,12,14,16-18,20-23,25-26,28H2,1-11H3,(H,52,59)/t30?,31-,37-,38-,43-/m0/s1. The highest BCUT2D eigenvalue weighted by Gasteiger charge is 2.40. The first-order chi connectivity index (χ1) is 30.9. The van der Waals surface area contributed by atoms with Gasteiger partial charge >= 0.3 is 12.0 Å². The summed E-state index contributed by atoms with van der Waals surface area (Å²) < 4.78 is 14.4. The minimum absolute atomic E-state index is 0.129. The van der Waals surface area contributed by atoms with Crippen molar-refractivity contribution in [1.82, 2.24) is 45.0 Å². The van der Waals surface area contributed by atoms with E-state index in [4.69, 9.17) is 19.4 Å². The van der Waals surface area contributed by atoms with Crippen LogP contribution in [-0.4, -0.2) is 137 Å². The number of piperidine rings is 1. The second-order valence-corrected chi connectivity index (χ2v) is 20.8. The fourth-order valence-electron chi connectivity index (χ4n) is 10.3. The molecule has 15 nitrogen and oxygen atoms in total. The fourth-order valence-corrected chi connectivity index (χ4v) is 11.1. The molecule has 5 atom stereocenters. The molecule has 0 aromatic carbocycles. The number of fused-ring (bicyclic) bond motifs is 5. The summed E-state index contributed by atoms with van der Waals surface area (Å²) in [7, 11) is 7.50. The number of carbonyl (C=O) groups excluding carboxylic acids is 4. The van der Waals surface area contributed by atoms with Gasteiger partial charge in [-0.15, -0.1) is 11.3 Å². The van der Waals surface area contributed by atoms with Crippen molar-refractivity contribution in [3.05, 3.63) is 56.9 Å². The lowest BCUT2D eigenvalue weighted by molar-refractivity contribution is -0.155. The zero-order chi connectivity index (χ0) is 46.9. The van der Waals surface area contributed by atoms with Gasteiger partial charge < -0.3 is 34.1 Å². The third-order valence-corrected chi connectivity index (χ3v) is 14.8. The van der Waals surface area contributed by atoms with Crippen molar-refractivity contribution >= 4 is 46.8 Å². The molecule has 6 heterocycles. The van der Waals surface area contributed by atoms with Crippen molar-refractivity contribution in [2.45, 2.75) is 130 Å². The van der Waals surface area contributed by atoms with Crippen molar-refractivity contribution < 1.29 is 28.7 Å². The number of likely N-dealkylation sites (N-methyl/N-ethyl adjacent to an activating group) is 1. The van der Waals surface area contributed by atoms with Gasteiger partial charge in [0.15, 0.2) is 0 Å². The second kappa shape index (κ2) is 20.1. The molecule has 2 saturated heterocycles. The van der Waals surface area contributed by atoms with Crippen LogP contribution in [0.15, 0.2) is 23.7 Å². The van der Waals surface area contributed by atoms with Crippen LogP contribution in [0.2, 0.25) is 0 Å². The van der Waals surface area contributed by atoms with Crippen molar-refractivity contribution in [2.75, 3.05) is 54.5 Å². The van der Waals surface area contributed by atoms with Crippen LogP contribution in [0.25, 0.3) is 22.9 Å². The Kier molecular flexibility index (Phi) is 14.9. The fraction of sp³-hybridized carbons (Fsp3) is 0.633. The number of allylic oxidation sites excluding steroid dienone is 1. The number of esters is 1. The average molecular weight is 914 g/mol. The van der Waals surface area contributed by atoms with Crippen LogP contribution in [0.1, 0.15) is 113 Å². The SMILES string of the molecule is CCn1c2c3c(c1-c1cccnc1[C@H](C)OC)CC(C)(C)COC(=O)[C@@H]1CCCN(N1)C(=O)[C@@H](NC(=O)[C@H](C(C)C)N(C)C(=O)N1CCC(N(C)C)CC1)Cc1nc(cs1)C(=C3)C(C)C2. The molecule has 1 unspecified atom stereocenters. The summed E-state index contributed by atoms with van der Waals surface area (Å²) in [5, 5.41) is 7.31. The molecule has 354 valence electrons. The Hall–Kier alpha value is -4.64. The molecule has 4 aliphatic rings. The van der Waals surface area contributed by atoms with Crippen LogP contribution in [0.5, 0.6) is 0 Å². The Morgan fingerprint density at radius 1 is 1.09 bits per heavy atom. The summed E-state index contributed by atoms with van der Waals surface area (Å²) in [6, 6.07) is 1.70. The first-order valence-corrected chi connectivity index (χ1v) is 24.4. The van der Waals surface area contributed by atoms with Gasteiger partial charge in [-0.05, 0) is 113 Å². The lowest BCUT2D eigenvalue weighted by Gasteiger charge is -2.40. The number of thiazole rings is 1. The van der Waals surface area contributed by atoms with Crippen LogP contribution in [0.3, 0.4) is 0 Å². The first-order valence-electron chi connectivity index (χ1n) is 23.5. The second-order valence-electron chi connectivity index (χ2n) is 19.9. The number of hydrogen-bond donors (Lipinski definition) is 2. The van der Waals surface area contributed by atoms with E-state index in [1.165, 1.54) is 26.9 Å². The Bertz CT molecular complexity index is 2260. The number of urea groups is 1. The average Bonchev–Trinajstić information content (AvgIpc) is 3.87. The molecule has 0 radical (unpaired) electrons.